The van der Waals surface area contributed by atoms with Gasteiger partial charge in [0.25, 0.3) is 5.56 Å². The van der Waals surface area contributed by atoms with Crippen LogP contribution in [0, 0.1) is 19.7 Å². The lowest BCUT2D eigenvalue weighted by atomic mass is 10.0. The molecular weight excluding hydrogens is 373 g/mol. The van der Waals surface area contributed by atoms with Crippen LogP contribution in [0.4, 0.5) is 10.1 Å². The monoisotopic (exact) mass is 391 g/mol. The number of anilines is 1. The Balaban J connectivity index is 1.62. The van der Waals surface area contributed by atoms with E-state index in [0.717, 1.165) is 15.8 Å². The van der Waals surface area contributed by atoms with Gasteiger partial charge in [-0.2, -0.15) is 10.2 Å². The number of para-hydroxylation sites is 1. The summed E-state index contributed by atoms with van der Waals surface area (Å²) in [7, 11) is 0. The van der Waals surface area contributed by atoms with Crippen molar-refractivity contribution in [2.24, 2.45) is 0 Å². The van der Waals surface area contributed by atoms with Crippen molar-refractivity contribution in [1.82, 2.24) is 19.4 Å². The summed E-state index contributed by atoms with van der Waals surface area (Å²) in [5.41, 5.74) is 3.71. The Kier molecular flexibility index (Phi) is 4.67. The van der Waals surface area contributed by atoms with E-state index in [9.17, 15) is 14.0 Å². The van der Waals surface area contributed by atoms with E-state index >= 15 is 0 Å². The van der Waals surface area contributed by atoms with E-state index < -0.39 is 17.3 Å². The molecule has 8 heteroatoms. The van der Waals surface area contributed by atoms with Crippen molar-refractivity contribution in [2.45, 2.75) is 20.4 Å². The molecule has 0 saturated carbocycles. The van der Waals surface area contributed by atoms with E-state index in [2.05, 4.69) is 15.5 Å². The summed E-state index contributed by atoms with van der Waals surface area (Å²) in [5.74, 6) is -1.10. The van der Waals surface area contributed by atoms with Crippen LogP contribution in [0.25, 0.3) is 16.8 Å². The van der Waals surface area contributed by atoms with Gasteiger partial charge < -0.3 is 5.32 Å². The van der Waals surface area contributed by atoms with Crippen LogP contribution in [0.3, 0.4) is 0 Å². The predicted octanol–water partition coefficient (Wildman–Crippen LogP) is 2.95. The van der Waals surface area contributed by atoms with Gasteiger partial charge in [-0.15, -0.1) is 0 Å². The first-order chi connectivity index (χ1) is 13.9. The second kappa shape index (κ2) is 7.31. The van der Waals surface area contributed by atoms with Gasteiger partial charge >= 0.3 is 0 Å². The average molecular weight is 391 g/mol. The quantitative estimate of drug-likeness (QED) is 0.580. The fourth-order valence-corrected chi connectivity index (χ4v) is 2.98. The van der Waals surface area contributed by atoms with Crippen molar-refractivity contribution in [3.63, 3.8) is 0 Å². The Labute approximate surface area is 165 Å². The Morgan fingerprint density at radius 1 is 1.10 bits per heavy atom. The van der Waals surface area contributed by atoms with Crippen molar-refractivity contribution >= 4 is 17.1 Å². The van der Waals surface area contributed by atoms with Gasteiger partial charge in [0.1, 0.15) is 24.2 Å². The fourth-order valence-electron chi connectivity index (χ4n) is 2.98. The summed E-state index contributed by atoms with van der Waals surface area (Å²) < 4.78 is 16.1. The van der Waals surface area contributed by atoms with Crippen LogP contribution in [0.5, 0.6) is 0 Å². The topological polar surface area (TPSA) is 81.3 Å². The molecule has 7 nitrogen and oxygen atoms in total. The molecule has 0 unspecified atom stereocenters. The van der Waals surface area contributed by atoms with Crippen LogP contribution in [0.2, 0.25) is 0 Å². The molecule has 0 atom stereocenters. The number of aryl methyl sites for hydroxylation is 2. The fraction of sp³-hybridized carbons (Fsp3) is 0.143. The first-order valence-corrected chi connectivity index (χ1v) is 9.00. The third-order valence-corrected chi connectivity index (χ3v) is 4.73. The number of nitrogens with zero attached hydrogens (tertiary/aromatic N) is 4. The van der Waals surface area contributed by atoms with E-state index in [0.29, 0.717) is 11.2 Å². The van der Waals surface area contributed by atoms with E-state index in [1.54, 1.807) is 12.1 Å². The predicted molar refractivity (Wildman–Crippen MR) is 107 cm³/mol. The minimum Gasteiger partial charge on any atom is -0.322 e. The number of hydrogen-bond acceptors (Lipinski definition) is 4. The molecule has 2 aromatic carbocycles. The lowest BCUT2D eigenvalue weighted by Crippen LogP contribution is -2.30. The molecule has 0 aliphatic rings. The standard InChI is InChI=1S/C21H18FN5O2/c1-13-7-8-15(9-14(13)2)18-10-19-21(29)26(23-12-27(19)25-18)11-20(28)24-17-6-4-3-5-16(17)22/h3-10,12H,11H2,1-2H3,(H,24,28). The van der Waals surface area contributed by atoms with Gasteiger partial charge in [0.2, 0.25) is 5.91 Å². The molecule has 29 heavy (non-hydrogen) atoms. The molecule has 4 aromatic rings. The van der Waals surface area contributed by atoms with Gasteiger partial charge in [0, 0.05) is 5.56 Å². The van der Waals surface area contributed by atoms with Crippen molar-refractivity contribution < 1.29 is 9.18 Å². The van der Waals surface area contributed by atoms with Gasteiger partial charge in [-0.25, -0.2) is 13.6 Å². The van der Waals surface area contributed by atoms with Crippen molar-refractivity contribution in [3.8, 4) is 11.3 Å². The maximum absolute atomic E-state index is 13.7. The number of benzene rings is 2. The number of carbonyl (C=O) groups excluding carboxylic acids is 1. The zero-order valence-corrected chi connectivity index (χ0v) is 15.9. The molecule has 0 fully saturated rings. The number of halogens is 1. The summed E-state index contributed by atoms with van der Waals surface area (Å²) in [6.45, 7) is 3.70. The summed E-state index contributed by atoms with van der Waals surface area (Å²) in [6, 6.07) is 13.4. The smallest absolute Gasteiger partial charge is 0.293 e. The average Bonchev–Trinajstić information content (AvgIpc) is 3.13. The normalized spacial score (nSPS) is 11.0. The molecule has 2 heterocycles. The van der Waals surface area contributed by atoms with Crippen LogP contribution < -0.4 is 10.9 Å². The van der Waals surface area contributed by atoms with E-state index in [4.69, 9.17) is 0 Å². The minimum atomic E-state index is -0.553. The highest BCUT2D eigenvalue weighted by molar-refractivity contribution is 5.90. The van der Waals surface area contributed by atoms with Gasteiger partial charge in [-0.3, -0.25) is 9.59 Å². The highest BCUT2D eigenvalue weighted by Gasteiger charge is 2.13. The first kappa shape index (κ1) is 18.5. The number of aromatic nitrogens is 4. The Morgan fingerprint density at radius 3 is 2.66 bits per heavy atom. The number of hydrogen-bond donors (Lipinski definition) is 1. The molecule has 4 rings (SSSR count). The maximum atomic E-state index is 13.7. The SMILES string of the molecule is Cc1ccc(-c2cc3c(=O)n(CC(=O)Nc4ccccc4F)ncn3n2)cc1C. The summed E-state index contributed by atoms with van der Waals surface area (Å²) >= 11 is 0. The molecule has 0 radical (unpaired) electrons. The molecule has 2 aromatic heterocycles. The molecule has 0 aliphatic carbocycles. The first-order valence-electron chi connectivity index (χ1n) is 9.00. The van der Waals surface area contributed by atoms with Gasteiger partial charge in [-0.05, 0) is 49.2 Å². The lowest BCUT2D eigenvalue weighted by molar-refractivity contribution is -0.117. The minimum absolute atomic E-state index is 0.0491. The second-order valence-electron chi connectivity index (χ2n) is 6.78. The number of nitrogens with one attached hydrogen (secondary N) is 1. The molecule has 0 aliphatic heterocycles. The van der Waals surface area contributed by atoms with E-state index in [-0.39, 0.29) is 12.2 Å². The van der Waals surface area contributed by atoms with Gasteiger partial charge in [-0.1, -0.05) is 24.3 Å². The molecule has 146 valence electrons. The molecular formula is C21H18FN5O2. The highest BCUT2D eigenvalue weighted by Crippen LogP contribution is 2.21. The molecule has 0 bridgehead atoms. The highest BCUT2D eigenvalue weighted by atomic mass is 19.1. The molecule has 1 amide bonds. The van der Waals surface area contributed by atoms with Crippen molar-refractivity contribution in [2.75, 3.05) is 5.32 Å². The molecule has 0 spiro atoms. The van der Waals surface area contributed by atoms with Crippen LogP contribution in [-0.4, -0.2) is 25.3 Å². The third kappa shape index (κ3) is 3.64. The van der Waals surface area contributed by atoms with Crippen LogP contribution >= 0.6 is 0 Å². The van der Waals surface area contributed by atoms with Crippen molar-refractivity contribution in [3.05, 3.63) is 82.2 Å². The Bertz CT molecular complexity index is 1290. The summed E-state index contributed by atoms with van der Waals surface area (Å²) in [5, 5.41) is 10.8. The Morgan fingerprint density at radius 2 is 1.90 bits per heavy atom. The Hall–Kier alpha value is -3.81. The zero-order valence-electron chi connectivity index (χ0n) is 15.9. The van der Waals surface area contributed by atoms with Crippen LogP contribution in [0.15, 0.2) is 59.7 Å². The van der Waals surface area contributed by atoms with Crippen molar-refractivity contribution in [1.29, 1.82) is 0 Å². The van der Waals surface area contributed by atoms with E-state index in [1.807, 2.05) is 32.0 Å². The summed E-state index contributed by atoms with van der Waals surface area (Å²) in [4.78, 5) is 25.0. The van der Waals surface area contributed by atoms with Crippen LogP contribution in [-0.2, 0) is 11.3 Å². The lowest BCUT2D eigenvalue weighted by Gasteiger charge is -2.07. The zero-order chi connectivity index (χ0) is 20.5. The van der Waals surface area contributed by atoms with Gasteiger partial charge in [0.15, 0.2) is 0 Å². The van der Waals surface area contributed by atoms with E-state index in [1.165, 1.54) is 34.6 Å². The largest absolute Gasteiger partial charge is 0.322 e. The number of amides is 1. The third-order valence-electron chi connectivity index (χ3n) is 4.73. The number of rotatable bonds is 4. The summed E-state index contributed by atoms with van der Waals surface area (Å²) in [6.07, 6.45) is 1.37. The van der Waals surface area contributed by atoms with Gasteiger partial charge in [0.05, 0.1) is 11.4 Å². The van der Waals surface area contributed by atoms with Crippen LogP contribution in [0.1, 0.15) is 11.1 Å². The number of carbonyl (C=O) groups is 1. The molecule has 0 saturated heterocycles. The number of fused-ring (bicyclic) bond motifs is 1. The maximum Gasteiger partial charge on any atom is 0.293 e. The molecule has 1 N–H and O–H groups in total. The second-order valence-corrected chi connectivity index (χ2v) is 6.78.